The number of likely N-dealkylation sites (N-methyl/N-ethyl adjacent to an activating group) is 1. The van der Waals surface area contributed by atoms with Crippen LogP contribution in [-0.2, 0) is 12.8 Å². The lowest BCUT2D eigenvalue weighted by Crippen LogP contribution is -2.23. The third-order valence-corrected chi connectivity index (χ3v) is 3.21. The number of aryl methyl sites for hydroxylation is 1. The second kappa shape index (κ2) is 8.26. The molecule has 0 radical (unpaired) electrons. The maximum Gasteiger partial charge on any atom is 0.00188 e. The summed E-state index contributed by atoms with van der Waals surface area (Å²) in [6.45, 7) is 5.30. The van der Waals surface area contributed by atoms with Gasteiger partial charge in [0, 0.05) is 6.54 Å². The predicted octanol–water partition coefficient (Wildman–Crippen LogP) is 2.46. The summed E-state index contributed by atoms with van der Waals surface area (Å²) in [4.78, 5) is 2.39. The molecule has 1 aromatic carbocycles. The van der Waals surface area contributed by atoms with Gasteiger partial charge in [0.05, 0.1) is 0 Å². The Bertz CT molecular complexity index is 292. The maximum absolute atomic E-state index is 5.49. The van der Waals surface area contributed by atoms with E-state index >= 15 is 0 Å². The van der Waals surface area contributed by atoms with Crippen molar-refractivity contribution >= 4 is 0 Å². The van der Waals surface area contributed by atoms with Crippen LogP contribution in [0.1, 0.15) is 30.9 Å². The van der Waals surface area contributed by atoms with Gasteiger partial charge in [-0.2, -0.15) is 0 Å². The van der Waals surface area contributed by atoms with Crippen LogP contribution in [0, 0.1) is 0 Å². The fraction of sp³-hybridized carbons (Fsp3) is 0.600. The normalized spacial score (nSPS) is 11.1. The Morgan fingerprint density at radius 3 is 2.24 bits per heavy atom. The molecule has 0 unspecified atom stereocenters. The molecule has 0 amide bonds. The Hall–Kier alpha value is -0.860. The largest absolute Gasteiger partial charge is 0.330 e. The number of nitrogens with zero attached hydrogens (tertiary/aromatic N) is 1. The number of hydrogen-bond acceptors (Lipinski definition) is 2. The number of rotatable bonds is 8. The van der Waals surface area contributed by atoms with Crippen molar-refractivity contribution in [3.8, 4) is 0 Å². The van der Waals surface area contributed by atoms with Gasteiger partial charge in [-0.15, -0.1) is 0 Å². The zero-order chi connectivity index (χ0) is 12.5. The van der Waals surface area contributed by atoms with Gasteiger partial charge in [-0.25, -0.2) is 0 Å². The van der Waals surface area contributed by atoms with Crippen LogP contribution >= 0.6 is 0 Å². The fourth-order valence-electron chi connectivity index (χ4n) is 1.90. The van der Waals surface area contributed by atoms with Gasteiger partial charge in [0.1, 0.15) is 0 Å². The van der Waals surface area contributed by atoms with E-state index in [4.69, 9.17) is 5.73 Å². The molecule has 2 N–H and O–H groups in total. The molecule has 0 atom stereocenters. The highest BCUT2D eigenvalue weighted by molar-refractivity contribution is 5.22. The highest BCUT2D eigenvalue weighted by atomic mass is 15.1. The lowest BCUT2D eigenvalue weighted by atomic mass is 10.1. The van der Waals surface area contributed by atoms with Crippen molar-refractivity contribution in [2.24, 2.45) is 5.73 Å². The van der Waals surface area contributed by atoms with E-state index in [1.165, 1.54) is 17.5 Å². The molecule has 0 saturated heterocycles. The van der Waals surface area contributed by atoms with Gasteiger partial charge in [0.2, 0.25) is 0 Å². The van der Waals surface area contributed by atoms with Gasteiger partial charge in [-0.3, -0.25) is 0 Å². The first-order chi connectivity index (χ1) is 8.26. The van der Waals surface area contributed by atoms with Crippen molar-refractivity contribution in [3.05, 3.63) is 35.4 Å². The molecular weight excluding hydrogens is 208 g/mol. The minimum absolute atomic E-state index is 0.812. The highest BCUT2D eigenvalue weighted by Gasteiger charge is 1.99. The zero-order valence-electron chi connectivity index (χ0n) is 11.3. The average molecular weight is 234 g/mol. The summed E-state index contributed by atoms with van der Waals surface area (Å²) in [6.07, 6.45) is 4.61. The lowest BCUT2D eigenvalue weighted by molar-refractivity contribution is 0.331. The van der Waals surface area contributed by atoms with Crippen molar-refractivity contribution in [1.29, 1.82) is 0 Å². The first kappa shape index (κ1) is 14.2. The van der Waals surface area contributed by atoms with E-state index in [1.807, 2.05) is 0 Å². The molecule has 17 heavy (non-hydrogen) atoms. The third kappa shape index (κ3) is 5.85. The summed E-state index contributed by atoms with van der Waals surface area (Å²) < 4.78 is 0. The minimum Gasteiger partial charge on any atom is -0.330 e. The molecule has 2 nitrogen and oxygen atoms in total. The number of benzene rings is 1. The molecule has 1 rings (SSSR count). The Kier molecular flexibility index (Phi) is 6.90. The summed E-state index contributed by atoms with van der Waals surface area (Å²) in [6, 6.07) is 8.99. The molecule has 0 aliphatic carbocycles. The van der Waals surface area contributed by atoms with Crippen molar-refractivity contribution in [2.45, 2.75) is 32.6 Å². The second-order valence-electron chi connectivity index (χ2n) is 4.72. The van der Waals surface area contributed by atoms with Crippen LogP contribution in [0.5, 0.6) is 0 Å². The van der Waals surface area contributed by atoms with E-state index in [9.17, 15) is 0 Å². The van der Waals surface area contributed by atoms with Crippen molar-refractivity contribution in [2.75, 3.05) is 26.7 Å². The number of unbranched alkanes of at least 4 members (excludes halogenated alkanes) is 1. The van der Waals surface area contributed by atoms with Crippen LogP contribution in [-0.4, -0.2) is 31.6 Å². The van der Waals surface area contributed by atoms with Gasteiger partial charge in [-0.1, -0.05) is 31.2 Å². The van der Waals surface area contributed by atoms with Gasteiger partial charge < -0.3 is 10.6 Å². The summed E-state index contributed by atoms with van der Waals surface area (Å²) in [5, 5.41) is 0. The van der Waals surface area contributed by atoms with Crippen molar-refractivity contribution in [3.63, 3.8) is 0 Å². The molecule has 96 valence electrons. The Balaban J connectivity index is 2.24. The van der Waals surface area contributed by atoms with Crippen LogP contribution in [0.25, 0.3) is 0 Å². The Morgan fingerprint density at radius 2 is 1.65 bits per heavy atom. The zero-order valence-corrected chi connectivity index (χ0v) is 11.3. The molecule has 0 spiro atoms. The second-order valence-corrected chi connectivity index (χ2v) is 4.72. The summed E-state index contributed by atoms with van der Waals surface area (Å²) >= 11 is 0. The number of hydrogen-bond donors (Lipinski definition) is 1. The molecule has 0 saturated carbocycles. The first-order valence-electron chi connectivity index (χ1n) is 6.72. The van der Waals surface area contributed by atoms with E-state index in [-0.39, 0.29) is 0 Å². The molecule has 0 aromatic heterocycles. The smallest absolute Gasteiger partial charge is 0.00188 e. The molecule has 0 bridgehead atoms. The molecule has 0 fully saturated rings. The molecule has 0 heterocycles. The van der Waals surface area contributed by atoms with E-state index in [1.54, 1.807) is 0 Å². The van der Waals surface area contributed by atoms with E-state index in [2.05, 4.69) is 43.1 Å². The molecule has 2 heteroatoms. The monoisotopic (exact) mass is 234 g/mol. The van der Waals surface area contributed by atoms with Gasteiger partial charge in [-0.05, 0) is 56.9 Å². The predicted molar refractivity (Wildman–Crippen MR) is 75.3 cm³/mol. The van der Waals surface area contributed by atoms with E-state index in [0.29, 0.717) is 0 Å². The van der Waals surface area contributed by atoms with Crippen molar-refractivity contribution in [1.82, 2.24) is 4.90 Å². The van der Waals surface area contributed by atoms with Crippen LogP contribution in [0.15, 0.2) is 24.3 Å². The molecule has 0 aliphatic rings. The van der Waals surface area contributed by atoms with Gasteiger partial charge in [0.15, 0.2) is 0 Å². The minimum atomic E-state index is 0.812. The lowest BCUT2D eigenvalue weighted by Gasteiger charge is -2.16. The summed E-state index contributed by atoms with van der Waals surface area (Å²) in [7, 11) is 2.19. The summed E-state index contributed by atoms with van der Waals surface area (Å²) in [5.74, 6) is 0. The first-order valence-corrected chi connectivity index (χ1v) is 6.72. The quantitative estimate of drug-likeness (QED) is 0.700. The Morgan fingerprint density at radius 1 is 1.00 bits per heavy atom. The van der Waals surface area contributed by atoms with Crippen LogP contribution in [0.4, 0.5) is 0 Å². The van der Waals surface area contributed by atoms with E-state index < -0.39 is 0 Å². The molecule has 1 aromatic rings. The standard InChI is InChI=1S/C15H26N2/c1-3-14-6-8-15(9-7-14)10-13-17(2)12-5-4-11-16/h6-9H,3-5,10-13,16H2,1-2H3. The SMILES string of the molecule is CCc1ccc(CCN(C)CCCCN)cc1. The van der Waals surface area contributed by atoms with Crippen LogP contribution in [0.3, 0.4) is 0 Å². The maximum atomic E-state index is 5.49. The number of nitrogens with two attached hydrogens (primary N) is 1. The van der Waals surface area contributed by atoms with Crippen LogP contribution in [0.2, 0.25) is 0 Å². The summed E-state index contributed by atoms with van der Waals surface area (Å²) in [5.41, 5.74) is 8.35. The average Bonchev–Trinajstić information content (AvgIpc) is 2.37. The third-order valence-electron chi connectivity index (χ3n) is 3.21. The van der Waals surface area contributed by atoms with Gasteiger partial charge in [0.25, 0.3) is 0 Å². The topological polar surface area (TPSA) is 29.3 Å². The molecule has 0 aliphatic heterocycles. The highest BCUT2D eigenvalue weighted by Crippen LogP contribution is 2.06. The van der Waals surface area contributed by atoms with Crippen LogP contribution < -0.4 is 5.73 Å². The van der Waals surface area contributed by atoms with Gasteiger partial charge >= 0.3 is 0 Å². The molecular formula is C15H26N2. The fourth-order valence-corrected chi connectivity index (χ4v) is 1.90. The van der Waals surface area contributed by atoms with E-state index in [0.717, 1.165) is 38.9 Å². The Labute approximate surface area is 106 Å². The van der Waals surface area contributed by atoms with Crippen molar-refractivity contribution < 1.29 is 0 Å².